The normalized spacial score (nSPS) is 12.8. The van der Waals surface area contributed by atoms with Crippen LogP contribution in [0.2, 0.25) is 0 Å². The standard InChI is InChI=1S/C16H25N5S2.HI/c1-5-17-16(20-11-15-18-9-12(2)23-15)19-10-13(21(3)4)14-7-6-8-22-14;/h6-9,13H,5,10-11H2,1-4H3,(H2,17,19,20);1H. The smallest absolute Gasteiger partial charge is 0.191 e. The fraction of sp³-hybridized carbons (Fsp3) is 0.500. The van der Waals surface area contributed by atoms with Crippen LogP contribution in [-0.2, 0) is 6.54 Å². The van der Waals surface area contributed by atoms with Crippen LogP contribution in [0.25, 0.3) is 0 Å². The van der Waals surface area contributed by atoms with E-state index in [9.17, 15) is 0 Å². The summed E-state index contributed by atoms with van der Waals surface area (Å²) in [6.45, 7) is 6.41. The Balaban J connectivity index is 0.00000288. The van der Waals surface area contributed by atoms with Gasteiger partial charge in [-0.15, -0.1) is 46.7 Å². The molecule has 1 unspecified atom stereocenters. The lowest BCUT2D eigenvalue weighted by atomic mass is 10.2. The van der Waals surface area contributed by atoms with E-state index >= 15 is 0 Å². The number of guanidine groups is 1. The van der Waals surface area contributed by atoms with Gasteiger partial charge in [-0.25, -0.2) is 9.98 Å². The van der Waals surface area contributed by atoms with Crippen molar-refractivity contribution in [2.75, 3.05) is 27.2 Å². The lowest BCUT2D eigenvalue weighted by molar-refractivity contribution is 0.302. The van der Waals surface area contributed by atoms with Crippen LogP contribution in [-0.4, -0.2) is 43.0 Å². The van der Waals surface area contributed by atoms with Crippen LogP contribution in [0.15, 0.2) is 28.7 Å². The molecule has 0 spiro atoms. The van der Waals surface area contributed by atoms with Crippen molar-refractivity contribution in [2.24, 2.45) is 4.99 Å². The number of rotatable bonds is 7. The van der Waals surface area contributed by atoms with Gasteiger partial charge in [-0.2, -0.15) is 0 Å². The summed E-state index contributed by atoms with van der Waals surface area (Å²) < 4.78 is 0. The van der Waals surface area contributed by atoms with E-state index in [-0.39, 0.29) is 24.0 Å². The second-order valence-corrected chi connectivity index (χ2v) is 7.73. The third-order valence-electron chi connectivity index (χ3n) is 3.34. The van der Waals surface area contributed by atoms with Gasteiger partial charge in [-0.1, -0.05) is 6.07 Å². The number of aromatic nitrogens is 1. The molecule has 0 radical (unpaired) electrons. The van der Waals surface area contributed by atoms with Gasteiger partial charge in [0, 0.05) is 29.0 Å². The molecule has 2 aromatic heterocycles. The summed E-state index contributed by atoms with van der Waals surface area (Å²) in [6, 6.07) is 4.61. The Kier molecular flexibility index (Phi) is 9.79. The Bertz CT molecular complexity index is 610. The maximum atomic E-state index is 4.64. The first-order chi connectivity index (χ1) is 11.1. The summed E-state index contributed by atoms with van der Waals surface area (Å²) in [6.07, 6.45) is 1.90. The van der Waals surface area contributed by atoms with Crippen LogP contribution < -0.4 is 10.6 Å². The minimum Gasteiger partial charge on any atom is -0.357 e. The summed E-state index contributed by atoms with van der Waals surface area (Å²) in [4.78, 5) is 13.8. The highest BCUT2D eigenvalue weighted by Gasteiger charge is 2.15. The highest BCUT2D eigenvalue weighted by atomic mass is 127. The van der Waals surface area contributed by atoms with Crippen molar-refractivity contribution in [3.05, 3.63) is 38.5 Å². The first-order valence-electron chi connectivity index (χ1n) is 7.73. The van der Waals surface area contributed by atoms with Crippen molar-refractivity contribution in [3.8, 4) is 0 Å². The minimum absolute atomic E-state index is 0. The van der Waals surface area contributed by atoms with Crippen LogP contribution in [0, 0.1) is 6.92 Å². The van der Waals surface area contributed by atoms with Crippen LogP contribution in [0.4, 0.5) is 0 Å². The van der Waals surface area contributed by atoms with E-state index in [1.54, 1.807) is 22.7 Å². The zero-order chi connectivity index (χ0) is 16.7. The summed E-state index contributed by atoms with van der Waals surface area (Å²) in [5.41, 5.74) is 0. The monoisotopic (exact) mass is 479 g/mol. The van der Waals surface area contributed by atoms with E-state index in [2.05, 4.69) is 71.0 Å². The Morgan fingerprint density at radius 3 is 2.71 bits per heavy atom. The SMILES string of the molecule is CCNC(=NCc1ncc(C)s1)NCC(c1cccs1)N(C)C.I. The molecule has 24 heavy (non-hydrogen) atoms. The predicted octanol–water partition coefficient (Wildman–Crippen LogP) is 3.49. The number of likely N-dealkylation sites (N-methyl/N-ethyl adjacent to an activating group) is 1. The van der Waals surface area contributed by atoms with Gasteiger partial charge < -0.3 is 15.5 Å². The lowest BCUT2D eigenvalue weighted by Crippen LogP contribution is -2.41. The van der Waals surface area contributed by atoms with Crippen LogP contribution in [0.3, 0.4) is 0 Å². The topological polar surface area (TPSA) is 52.6 Å². The Morgan fingerprint density at radius 2 is 2.17 bits per heavy atom. The molecular formula is C16H26IN5S2. The molecule has 1 atom stereocenters. The Hall–Kier alpha value is -0.710. The van der Waals surface area contributed by atoms with Crippen molar-refractivity contribution < 1.29 is 0 Å². The van der Waals surface area contributed by atoms with Crippen molar-refractivity contribution in [2.45, 2.75) is 26.4 Å². The zero-order valence-electron chi connectivity index (χ0n) is 14.6. The third kappa shape index (κ3) is 6.66. The Morgan fingerprint density at radius 1 is 1.38 bits per heavy atom. The third-order valence-corrected chi connectivity index (χ3v) is 5.21. The second-order valence-electron chi connectivity index (χ2n) is 5.44. The molecule has 0 aromatic carbocycles. The molecular weight excluding hydrogens is 453 g/mol. The molecule has 5 nitrogen and oxygen atoms in total. The van der Waals surface area contributed by atoms with Crippen LogP contribution >= 0.6 is 46.7 Å². The molecule has 0 aliphatic rings. The quantitative estimate of drug-likeness (QED) is 0.363. The zero-order valence-corrected chi connectivity index (χ0v) is 18.5. The maximum Gasteiger partial charge on any atom is 0.191 e. The number of thiazole rings is 1. The van der Waals surface area contributed by atoms with Gasteiger partial charge in [-0.3, -0.25) is 0 Å². The number of nitrogens with one attached hydrogen (secondary N) is 2. The van der Waals surface area contributed by atoms with Crippen molar-refractivity contribution >= 4 is 52.6 Å². The molecule has 0 aliphatic carbocycles. The predicted molar refractivity (Wildman–Crippen MR) is 116 cm³/mol. The van der Waals surface area contributed by atoms with E-state index in [0.29, 0.717) is 12.6 Å². The number of aliphatic imine (C=N–C) groups is 1. The number of thiophene rings is 1. The van der Waals surface area contributed by atoms with E-state index < -0.39 is 0 Å². The fourth-order valence-electron chi connectivity index (χ4n) is 2.17. The number of hydrogen-bond donors (Lipinski definition) is 2. The van der Waals surface area contributed by atoms with E-state index in [4.69, 9.17) is 0 Å². The molecule has 0 aliphatic heterocycles. The molecule has 8 heteroatoms. The first-order valence-corrected chi connectivity index (χ1v) is 9.43. The van der Waals surface area contributed by atoms with Crippen molar-refractivity contribution in [3.63, 3.8) is 0 Å². The van der Waals surface area contributed by atoms with E-state index in [1.165, 1.54) is 9.75 Å². The molecule has 0 amide bonds. The lowest BCUT2D eigenvalue weighted by Gasteiger charge is -2.24. The summed E-state index contributed by atoms with van der Waals surface area (Å²) in [5.74, 6) is 0.837. The summed E-state index contributed by atoms with van der Waals surface area (Å²) in [7, 11) is 4.21. The molecule has 0 saturated heterocycles. The van der Waals surface area contributed by atoms with Gasteiger partial charge in [0.1, 0.15) is 5.01 Å². The summed E-state index contributed by atoms with van der Waals surface area (Å²) in [5, 5.41) is 9.91. The first kappa shape index (κ1) is 21.3. The van der Waals surface area contributed by atoms with Crippen molar-refractivity contribution in [1.82, 2.24) is 20.5 Å². The van der Waals surface area contributed by atoms with Gasteiger partial charge in [0.15, 0.2) is 5.96 Å². The van der Waals surface area contributed by atoms with Gasteiger partial charge in [0.2, 0.25) is 0 Å². The highest BCUT2D eigenvalue weighted by molar-refractivity contribution is 14.0. The minimum atomic E-state index is 0. The molecule has 2 heterocycles. The Labute approximate surface area is 169 Å². The molecule has 0 bridgehead atoms. The number of nitrogens with zero attached hydrogens (tertiary/aromatic N) is 3. The largest absolute Gasteiger partial charge is 0.357 e. The second kappa shape index (κ2) is 11.0. The molecule has 2 aromatic rings. The van der Waals surface area contributed by atoms with Gasteiger partial charge in [0.25, 0.3) is 0 Å². The number of hydrogen-bond acceptors (Lipinski definition) is 5. The van der Waals surface area contributed by atoms with Crippen LogP contribution in [0.1, 0.15) is 27.7 Å². The van der Waals surface area contributed by atoms with Gasteiger partial charge >= 0.3 is 0 Å². The number of halogens is 1. The summed E-state index contributed by atoms with van der Waals surface area (Å²) >= 11 is 3.48. The highest BCUT2D eigenvalue weighted by Crippen LogP contribution is 2.22. The van der Waals surface area contributed by atoms with Crippen molar-refractivity contribution in [1.29, 1.82) is 0 Å². The molecule has 0 fully saturated rings. The van der Waals surface area contributed by atoms with Crippen LogP contribution in [0.5, 0.6) is 0 Å². The fourth-order valence-corrected chi connectivity index (χ4v) is 3.81. The van der Waals surface area contributed by atoms with E-state index in [0.717, 1.165) is 24.1 Å². The average Bonchev–Trinajstić information content (AvgIpc) is 3.16. The maximum absolute atomic E-state index is 4.64. The number of aryl methyl sites for hydroxylation is 1. The molecule has 2 N–H and O–H groups in total. The van der Waals surface area contributed by atoms with E-state index in [1.807, 2.05) is 6.20 Å². The van der Waals surface area contributed by atoms with Gasteiger partial charge in [0.05, 0.1) is 12.6 Å². The molecule has 0 saturated carbocycles. The van der Waals surface area contributed by atoms with Gasteiger partial charge in [-0.05, 0) is 39.4 Å². The average molecular weight is 479 g/mol. The molecule has 2 rings (SSSR count). The molecule has 134 valence electrons.